The molecule has 2 aromatic carbocycles. The van der Waals surface area contributed by atoms with Gasteiger partial charge in [0.2, 0.25) is 10.0 Å². The van der Waals surface area contributed by atoms with Crippen LogP contribution in [0.5, 0.6) is 0 Å². The van der Waals surface area contributed by atoms with E-state index in [0.717, 1.165) is 5.39 Å². The fourth-order valence-electron chi connectivity index (χ4n) is 2.62. The van der Waals surface area contributed by atoms with E-state index in [0.29, 0.717) is 11.2 Å². The smallest absolute Gasteiger partial charge is 0.257 e. The lowest BCUT2D eigenvalue weighted by Gasteiger charge is -2.12. The first-order valence-corrected chi connectivity index (χ1v) is 10.1. The van der Waals surface area contributed by atoms with Crippen molar-refractivity contribution in [2.45, 2.75) is 24.8 Å². The average molecular weight is 404 g/mol. The van der Waals surface area contributed by atoms with Crippen LogP contribution in [0.3, 0.4) is 0 Å². The molecule has 0 aliphatic heterocycles. The number of carbonyl (C=O) groups is 1. The van der Waals surface area contributed by atoms with Gasteiger partial charge in [0.15, 0.2) is 0 Å². The predicted molar refractivity (Wildman–Crippen MR) is 107 cm³/mol. The number of nitrogens with one attached hydrogen (secondary N) is 2. The van der Waals surface area contributed by atoms with Crippen molar-refractivity contribution in [3.05, 3.63) is 65.3 Å². The second kappa shape index (κ2) is 7.64. The third kappa shape index (κ3) is 4.27. The lowest BCUT2D eigenvalue weighted by atomic mass is 10.1. The summed E-state index contributed by atoms with van der Waals surface area (Å²) in [7, 11) is -3.74. The summed E-state index contributed by atoms with van der Waals surface area (Å²) in [6.45, 7) is 3.43. The van der Waals surface area contributed by atoms with E-state index in [1.165, 1.54) is 18.2 Å². The number of rotatable bonds is 5. The topological polar surface area (TPSA) is 88.2 Å². The molecule has 8 heteroatoms. The Morgan fingerprint density at radius 2 is 1.85 bits per heavy atom. The number of hydrogen-bond acceptors (Lipinski definition) is 4. The molecule has 0 radical (unpaired) electrons. The molecule has 1 heterocycles. The van der Waals surface area contributed by atoms with Gasteiger partial charge in [0.25, 0.3) is 5.91 Å². The Balaban J connectivity index is 1.96. The van der Waals surface area contributed by atoms with Gasteiger partial charge in [0, 0.05) is 17.6 Å². The van der Waals surface area contributed by atoms with Gasteiger partial charge in [-0.2, -0.15) is 0 Å². The highest BCUT2D eigenvalue weighted by Crippen LogP contribution is 2.25. The van der Waals surface area contributed by atoms with Gasteiger partial charge in [-0.3, -0.25) is 9.78 Å². The Morgan fingerprint density at radius 1 is 1.11 bits per heavy atom. The van der Waals surface area contributed by atoms with Crippen LogP contribution in [0.15, 0.2) is 59.6 Å². The third-order valence-electron chi connectivity index (χ3n) is 3.76. The number of hydrogen-bond donors (Lipinski definition) is 2. The SMILES string of the molecule is CC(C)NS(=O)(=O)c1ccc(Cl)c(C(=O)Nc2cccc3cccnc23)c1. The van der Waals surface area contributed by atoms with E-state index in [1.807, 2.05) is 12.1 Å². The molecule has 27 heavy (non-hydrogen) atoms. The van der Waals surface area contributed by atoms with E-state index in [1.54, 1.807) is 38.2 Å². The van der Waals surface area contributed by atoms with E-state index < -0.39 is 15.9 Å². The normalized spacial score (nSPS) is 11.7. The van der Waals surface area contributed by atoms with Crippen LogP contribution < -0.4 is 10.0 Å². The number of carbonyl (C=O) groups excluding carboxylic acids is 1. The Hall–Kier alpha value is -2.48. The summed E-state index contributed by atoms with van der Waals surface area (Å²) in [6.07, 6.45) is 1.63. The number of nitrogens with zero attached hydrogens (tertiary/aromatic N) is 1. The molecule has 0 atom stereocenters. The predicted octanol–water partition coefficient (Wildman–Crippen LogP) is 3.83. The zero-order valence-corrected chi connectivity index (χ0v) is 16.3. The molecule has 0 aliphatic carbocycles. The van der Waals surface area contributed by atoms with Crippen LogP contribution in [-0.2, 0) is 10.0 Å². The number of aromatic nitrogens is 1. The van der Waals surface area contributed by atoms with Gasteiger partial charge >= 0.3 is 0 Å². The highest BCUT2D eigenvalue weighted by molar-refractivity contribution is 7.89. The summed E-state index contributed by atoms with van der Waals surface area (Å²) in [5, 5.41) is 3.79. The van der Waals surface area contributed by atoms with Crippen LogP contribution in [0.2, 0.25) is 5.02 Å². The van der Waals surface area contributed by atoms with Crippen LogP contribution in [0.25, 0.3) is 10.9 Å². The summed E-state index contributed by atoms with van der Waals surface area (Å²) in [4.78, 5) is 17.0. The van der Waals surface area contributed by atoms with Crippen LogP contribution in [0.4, 0.5) is 5.69 Å². The summed E-state index contributed by atoms with van der Waals surface area (Å²) in [5.41, 5.74) is 1.22. The molecule has 3 aromatic rings. The minimum absolute atomic E-state index is 0.0261. The zero-order chi connectivity index (χ0) is 19.6. The van der Waals surface area contributed by atoms with E-state index in [9.17, 15) is 13.2 Å². The molecule has 2 N–H and O–H groups in total. The number of sulfonamides is 1. The molecule has 0 fully saturated rings. The lowest BCUT2D eigenvalue weighted by Crippen LogP contribution is -2.30. The molecule has 1 amide bonds. The molecule has 0 unspecified atom stereocenters. The van der Waals surface area contributed by atoms with Crippen LogP contribution in [0, 0.1) is 0 Å². The molecule has 0 saturated heterocycles. The maximum absolute atomic E-state index is 12.7. The van der Waals surface area contributed by atoms with E-state index in [2.05, 4.69) is 15.0 Å². The van der Waals surface area contributed by atoms with Crippen molar-refractivity contribution in [1.82, 2.24) is 9.71 Å². The van der Waals surface area contributed by atoms with Crippen LogP contribution >= 0.6 is 11.6 Å². The van der Waals surface area contributed by atoms with Gasteiger partial charge in [-0.25, -0.2) is 13.1 Å². The monoisotopic (exact) mass is 403 g/mol. The first-order chi connectivity index (χ1) is 12.8. The number of halogens is 1. The van der Waals surface area contributed by atoms with Crippen molar-refractivity contribution >= 4 is 44.1 Å². The molecule has 6 nitrogen and oxygen atoms in total. The van der Waals surface area contributed by atoms with Crippen LogP contribution in [0.1, 0.15) is 24.2 Å². The van der Waals surface area contributed by atoms with Crippen LogP contribution in [-0.4, -0.2) is 25.4 Å². The fraction of sp³-hybridized carbons (Fsp3) is 0.158. The van der Waals surface area contributed by atoms with Crippen molar-refractivity contribution < 1.29 is 13.2 Å². The number of pyridine rings is 1. The van der Waals surface area contributed by atoms with Gasteiger partial charge in [0.05, 0.1) is 26.7 Å². The minimum atomic E-state index is -3.74. The average Bonchev–Trinajstić information content (AvgIpc) is 2.61. The number of amides is 1. The van der Waals surface area contributed by atoms with E-state index in [-0.39, 0.29) is 21.5 Å². The largest absolute Gasteiger partial charge is 0.320 e. The molecule has 0 bridgehead atoms. The van der Waals surface area contributed by atoms with E-state index >= 15 is 0 Å². The highest BCUT2D eigenvalue weighted by Gasteiger charge is 2.20. The standard InChI is InChI=1S/C19H18ClN3O3S/c1-12(2)23-27(25,26)14-8-9-16(20)15(11-14)19(24)22-17-7-3-5-13-6-4-10-21-18(13)17/h3-12,23H,1-2H3,(H,22,24). The Bertz CT molecular complexity index is 1110. The highest BCUT2D eigenvalue weighted by atomic mass is 35.5. The maximum atomic E-state index is 12.7. The first kappa shape index (κ1) is 19.3. The molecule has 0 spiro atoms. The quantitative estimate of drug-likeness (QED) is 0.677. The summed E-state index contributed by atoms with van der Waals surface area (Å²) >= 11 is 6.14. The van der Waals surface area contributed by atoms with Gasteiger partial charge in [0.1, 0.15) is 0 Å². The molecule has 1 aromatic heterocycles. The van der Waals surface area contributed by atoms with E-state index in [4.69, 9.17) is 11.6 Å². The maximum Gasteiger partial charge on any atom is 0.257 e. The molecular formula is C19H18ClN3O3S. The fourth-order valence-corrected chi connectivity index (χ4v) is 4.10. The number of fused-ring (bicyclic) bond motifs is 1. The van der Waals surface area contributed by atoms with Gasteiger partial charge < -0.3 is 5.32 Å². The number of para-hydroxylation sites is 1. The molecule has 0 aliphatic rings. The minimum Gasteiger partial charge on any atom is -0.320 e. The van der Waals surface area contributed by atoms with Crippen molar-refractivity contribution in [2.24, 2.45) is 0 Å². The van der Waals surface area contributed by atoms with Crippen molar-refractivity contribution in [1.29, 1.82) is 0 Å². The molecule has 140 valence electrons. The Kier molecular flexibility index (Phi) is 5.46. The zero-order valence-electron chi connectivity index (χ0n) is 14.7. The van der Waals surface area contributed by atoms with Gasteiger partial charge in [-0.05, 0) is 44.2 Å². The second-order valence-electron chi connectivity index (χ2n) is 6.25. The Labute approximate surface area is 162 Å². The number of anilines is 1. The molecule has 3 rings (SSSR count). The number of benzene rings is 2. The molecular weight excluding hydrogens is 386 g/mol. The molecule has 0 saturated carbocycles. The van der Waals surface area contributed by atoms with Crippen molar-refractivity contribution in [2.75, 3.05) is 5.32 Å². The Morgan fingerprint density at radius 3 is 2.59 bits per heavy atom. The van der Waals surface area contributed by atoms with Crippen molar-refractivity contribution in [3.8, 4) is 0 Å². The van der Waals surface area contributed by atoms with Gasteiger partial charge in [-0.1, -0.05) is 29.8 Å². The second-order valence-corrected chi connectivity index (χ2v) is 8.37. The summed E-state index contributed by atoms with van der Waals surface area (Å²) < 4.78 is 27.2. The third-order valence-corrected chi connectivity index (χ3v) is 5.75. The summed E-state index contributed by atoms with van der Waals surface area (Å²) in [5.74, 6) is -0.514. The van der Waals surface area contributed by atoms with Gasteiger partial charge in [-0.15, -0.1) is 0 Å². The lowest BCUT2D eigenvalue weighted by molar-refractivity contribution is 0.102. The van der Waals surface area contributed by atoms with Crippen molar-refractivity contribution in [3.63, 3.8) is 0 Å². The first-order valence-electron chi connectivity index (χ1n) is 8.25. The summed E-state index contributed by atoms with van der Waals surface area (Å²) in [6, 6.07) is 12.9.